The van der Waals surface area contributed by atoms with Crippen LogP contribution in [0, 0.1) is 13.8 Å². The summed E-state index contributed by atoms with van der Waals surface area (Å²) in [5.41, 5.74) is 0.989. The lowest BCUT2D eigenvalue weighted by Gasteiger charge is -2.21. The molecule has 0 aliphatic carbocycles. The number of nitrogens with zero attached hydrogens (tertiary/aromatic N) is 1. The molecule has 1 rings (SSSR count). The van der Waals surface area contributed by atoms with Crippen LogP contribution in [-0.4, -0.2) is 28.0 Å². The van der Waals surface area contributed by atoms with Crippen LogP contribution < -0.4 is 16.2 Å². The first-order valence-electron chi connectivity index (χ1n) is 7.22. The molecule has 0 spiro atoms. The zero-order valence-corrected chi connectivity index (χ0v) is 13.8. The van der Waals surface area contributed by atoms with Crippen molar-refractivity contribution in [1.29, 1.82) is 0 Å². The molecule has 21 heavy (non-hydrogen) atoms. The number of hydrogen-bond acceptors (Lipinski definition) is 4. The molecule has 0 bridgehead atoms. The fourth-order valence-electron chi connectivity index (χ4n) is 2.23. The number of aryl methyl sites for hydroxylation is 2. The third kappa shape index (κ3) is 5.67. The predicted octanol–water partition coefficient (Wildman–Crippen LogP) is 1.34. The number of aromatic nitrogens is 2. The molecule has 0 aliphatic rings. The highest BCUT2D eigenvalue weighted by molar-refractivity contribution is 5.76. The number of carbonyl (C=O) groups is 1. The van der Waals surface area contributed by atoms with E-state index in [1.165, 1.54) is 0 Å². The molecule has 1 aromatic heterocycles. The van der Waals surface area contributed by atoms with E-state index in [0.29, 0.717) is 24.4 Å². The standard InChI is InChI=1S/C15H26N4O2/c1-9(13-10(2)17-11(3)18-14(13)21)16-8-7-12(20)19-15(4,5)6/h9,16H,7-8H2,1-6H3,(H,19,20)(H,17,18,21). The van der Waals surface area contributed by atoms with Crippen LogP contribution in [0.3, 0.4) is 0 Å². The van der Waals surface area contributed by atoms with Crippen molar-refractivity contribution in [2.45, 2.75) is 59.5 Å². The molecule has 1 atom stereocenters. The maximum Gasteiger partial charge on any atom is 0.255 e. The van der Waals surface area contributed by atoms with E-state index >= 15 is 0 Å². The van der Waals surface area contributed by atoms with E-state index in [4.69, 9.17) is 0 Å². The van der Waals surface area contributed by atoms with Gasteiger partial charge in [0.2, 0.25) is 5.91 Å². The second-order valence-corrected chi connectivity index (χ2v) is 6.37. The van der Waals surface area contributed by atoms with Crippen molar-refractivity contribution in [1.82, 2.24) is 20.6 Å². The number of hydrogen-bond donors (Lipinski definition) is 3. The van der Waals surface area contributed by atoms with Gasteiger partial charge in [-0.1, -0.05) is 0 Å². The number of aromatic amines is 1. The summed E-state index contributed by atoms with van der Waals surface area (Å²) in [5.74, 6) is 0.605. The minimum absolute atomic E-state index is 0.00476. The minimum Gasteiger partial charge on any atom is -0.351 e. The van der Waals surface area contributed by atoms with Gasteiger partial charge in [-0.15, -0.1) is 0 Å². The van der Waals surface area contributed by atoms with Crippen molar-refractivity contribution in [2.75, 3.05) is 6.54 Å². The molecule has 1 amide bonds. The average molecular weight is 294 g/mol. The van der Waals surface area contributed by atoms with Gasteiger partial charge in [-0.25, -0.2) is 4.98 Å². The van der Waals surface area contributed by atoms with Crippen molar-refractivity contribution >= 4 is 5.91 Å². The highest BCUT2D eigenvalue weighted by atomic mass is 16.1. The monoisotopic (exact) mass is 294 g/mol. The normalized spacial score (nSPS) is 13.0. The van der Waals surface area contributed by atoms with Gasteiger partial charge in [-0.2, -0.15) is 0 Å². The molecule has 6 heteroatoms. The van der Waals surface area contributed by atoms with Gasteiger partial charge in [-0.3, -0.25) is 9.59 Å². The van der Waals surface area contributed by atoms with Crippen molar-refractivity contribution < 1.29 is 4.79 Å². The van der Waals surface area contributed by atoms with Gasteiger partial charge in [0.1, 0.15) is 5.82 Å². The summed E-state index contributed by atoms with van der Waals surface area (Å²) in [6, 6.07) is -0.149. The van der Waals surface area contributed by atoms with E-state index in [9.17, 15) is 9.59 Å². The molecule has 0 saturated carbocycles. The zero-order valence-electron chi connectivity index (χ0n) is 13.8. The Hall–Kier alpha value is -1.69. The van der Waals surface area contributed by atoms with Crippen LogP contribution in [0.25, 0.3) is 0 Å². The number of carbonyl (C=O) groups excluding carboxylic acids is 1. The molecule has 1 heterocycles. The van der Waals surface area contributed by atoms with Crippen molar-refractivity contribution in [2.24, 2.45) is 0 Å². The fourth-order valence-corrected chi connectivity index (χ4v) is 2.23. The molecular formula is C15H26N4O2. The van der Waals surface area contributed by atoms with Crippen LogP contribution in [0.4, 0.5) is 0 Å². The van der Waals surface area contributed by atoms with Crippen LogP contribution >= 0.6 is 0 Å². The summed E-state index contributed by atoms with van der Waals surface area (Å²) >= 11 is 0. The SMILES string of the molecule is Cc1nc(C)c(C(C)NCCC(=O)NC(C)(C)C)c(=O)[nH]1. The molecule has 3 N–H and O–H groups in total. The van der Waals surface area contributed by atoms with Crippen LogP contribution in [0.1, 0.15) is 57.2 Å². The number of H-pyrrole nitrogens is 1. The van der Waals surface area contributed by atoms with Crippen molar-refractivity contribution in [3.8, 4) is 0 Å². The Bertz CT molecular complexity index is 558. The first-order chi connectivity index (χ1) is 9.60. The molecule has 0 fully saturated rings. The quantitative estimate of drug-likeness (QED) is 0.765. The van der Waals surface area contributed by atoms with Gasteiger partial charge in [0.15, 0.2) is 0 Å². The van der Waals surface area contributed by atoms with Gasteiger partial charge in [0, 0.05) is 30.2 Å². The Kier molecular flexibility index (Phi) is 5.66. The van der Waals surface area contributed by atoms with Crippen LogP contribution in [0.2, 0.25) is 0 Å². The van der Waals surface area contributed by atoms with Crippen molar-refractivity contribution in [3.63, 3.8) is 0 Å². The van der Waals surface area contributed by atoms with Gasteiger partial charge in [-0.05, 0) is 41.5 Å². The van der Waals surface area contributed by atoms with E-state index in [2.05, 4.69) is 20.6 Å². The van der Waals surface area contributed by atoms with E-state index in [1.54, 1.807) is 6.92 Å². The summed E-state index contributed by atoms with van der Waals surface area (Å²) in [5, 5.41) is 6.10. The number of rotatable bonds is 5. The Morgan fingerprint density at radius 2 is 1.95 bits per heavy atom. The maximum atomic E-state index is 12.0. The predicted molar refractivity (Wildman–Crippen MR) is 83.3 cm³/mol. The average Bonchev–Trinajstić information content (AvgIpc) is 2.24. The molecule has 0 saturated heterocycles. The summed E-state index contributed by atoms with van der Waals surface area (Å²) in [6.45, 7) is 11.8. The maximum absolute atomic E-state index is 12.0. The van der Waals surface area contributed by atoms with E-state index in [0.717, 1.165) is 5.69 Å². The fraction of sp³-hybridized carbons (Fsp3) is 0.667. The lowest BCUT2D eigenvalue weighted by Crippen LogP contribution is -2.41. The number of amides is 1. The highest BCUT2D eigenvalue weighted by Gasteiger charge is 2.16. The van der Waals surface area contributed by atoms with Crippen LogP contribution in [-0.2, 0) is 4.79 Å². The highest BCUT2D eigenvalue weighted by Crippen LogP contribution is 2.10. The molecule has 0 aliphatic heterocycles. The van der Waals surface area contributed by atoms with Crippen LogP contribution in [0.15, 0.2) is 4.79 Å². The van der Waals surface area contributed by atoms with Gasteiger partial charge in [0.05, 0.1) is 5.56 Å². The Labute approximate surface area is 125 Å². The smallest absolute Gasteiger partial charge is 0.255 e. The van der Waals surface area contributed by atoms with E-state index < -0.39 is 0 Å². The summed E-state index contributed by atoms with van der Waals surface area (Å²) in [4.78, 5) is 30.7. The molecule has 0 radical (unpaired) electrons. The number of nitrogens with one attached hydrogen (secondary N) is 3. The van der Waals surface area contributed by atoms with Gasteiger partial charge < -0.3 is 15.6 Å². The molecular weight excluding hydrogens is 268 g/mol. The minimum atomic E-state index is -0.225. The molecule has 118 valence electrons. The van der Waals surface area contributed by atoms with Crippen LogP contribution in [0.5, 0.6) is 0 Å². The molecule has 1 unspecified atom stereocenters. The lowest BCUT2D eigenvalue weighted by atomic mass is 10.1. The summed E-state index contributed by atoms with van der Waals surface area (Å²) in [7, 11) is 0. The molecule has 1 aromatic rings. The molecule has 6 nitrogen and oxygen atoms in total. The zero-order chi connectivity index (χ0) is 16.2. The topological polar surface area (TPSA) is 86.9 Å². The third-order valence-corrected chi connectivity index (χ3v) is 3.01. The largest absolute Gasteiger partial charge is 0.351 e. The van der Waals surface area contributed by atoms with E-state index in [1.807, 2.05) is 34.6 Å². The summed E-state index contributed by atoms with van der Waals surface area (Å²) in [6.07, 6.45) is 0.373. The first-order valence-corrected chi connectivity index (χ1v) is 7.22. The molecule has 0 aromatic carbocycles. The third-order valence-electron chi connectivity index (χ3n) is 3.01. The first kappa shape index (κ1) is 17.4. The lowest BCUT2D eigenvalue weighted by molar-refractivity contribution is -0.122. The Morgan fingerprint density at radius 1 is 1.33 bits per heavy atom. The Balaban J connectivity index is 2.58. The summed E-state index contributed by atoms with van der Waals surface area (Å²) < 4.78 is 0. The Morgan fingerprint density at radius 3 is 2.48 bits per heavy atom. The van der Waals surface area contributed by atoms with Crippen molar-refractivity contribution in [3.05, 3.63) is 27.4 Å². The van der Waals surface area contributed by atoms with Gasteiger partial charge in [0.25, 0.3) is 5.56 Å². The van der Waals surface area contributed by atoms with E-state index in [-0.39, 0.29) is 23.0 Å². The second kappa shape index (κ2) is 6.85. The second-order valence-electron chi connectivity index (χ2n) is 6.37. The van der Waals surface area contributed by atoms with Gasteiger partial charge >= 0.3 is 0 Å².